The van der Waals surface area contributed by atoms with E-state index in [0.717, 1.165) is 16.8 Å². The van der Waals surface area contributed by atoms with Gasteiger partial charge in [0.25, 0.3) is 0 Å². The van der Waals surface area contributed by atoms with Crippen molar-refractivity contribution in [1.29, 1.82) is 0 Å². The molecule has 0 atom stereocenters. The van der Waals surface area contributed by atoms with Crippen molar-refractivity contribution in [2.75, 3.05) is 11.9 Å². The van der Waals surface area contributed by atoms with E-state index in [1.165, 1.54) is 0 Å². The van der Waals surface area contributed by atoms with Gasteiger partial charge in [0.05, 0.1) is 0 Å². The summed E-state index contributed by atoms with van der Waals surface area (Å²) < 4.78 is 35.7. The van der Waals surface area contributed by atoms with Gasteiger partial charge in [0.2, 0.25) is 0 Å². The molecule has 0 aromatic heterocycles. The number of hydrogen-bond acceptors (Lipinski definition) is 1. The van der Waals surface area contributed by atoms with Crippen LogP contribution in [-0.2, 0) is 0 Å². The van der Waals surface area contributed by atoms with Gasteiger partial charge in [-0.05, 0) is 37.5 Å². The van der Waals surface area contributed by atoms with Gasteiger partial charge in [-0.2, -0.15) is 13.2 Å². The molecule has 4 heteroatoms. The number of rotatable bonds is 4. The minimum atomic E-state index is -4.05. The van der Waals surface area contributed by atoms with Crippen LogP contribution < -0.4 is 5.32 Å². The van der Waals surface area contributed by atoms with E-state index in [9.17, 15) is 13.2 Å². The lowest BCUT2D eigenvalue weighted by Crippen LogP contribution is -2.11. The molecule has 0 heterocycles. The molecule has 1 aromatic rings. The second-order valence-electron chi connectivity index (χ2n) is 3.96. The molecule has 1 nitrogen and oxygen atoms in total. The highest BCUT2D eigenvalue weighted by atomic mass is 19.4. The summed E-state index contributed by atoms with van der Waals surface area (Å²) in [7, 11) is 0. The van der Waals surface area contributed by atoms with Gasteiger partial charge in [0.1, 0.15) is 0 Å². The SMILES string of the molecule is Cc1ccc(C)c(NCCCC(F)(F)F)c1. The Morgan fingerprint density at radius 1 is 1.19 bits per heavy atom. The lowest BCUT2D eigenvalue weighted by molar-refractivity contribution is -0.134. The zero-order valence-electron chi connectivity index (χ0n) is 9.49. The number of aryl methyl sites for hydroxylation is 2. The van der Waals surface area contributed by atoms with E-state index in [1.54, 1.807) is 0 Å². The quantitative estimate of drug-likeness (QED) is 0.770. The van der Waals surface area contributed by atoms with Crippen molar-refractivity contribution >= 4 is 5.69 Å². The molecule has 1 rings (SSSR count). The van der Waals surface area contributed by atoms with Crippen LogP contribution in [0.4, 0.5) is 18.9 Å². The molecule has 0 aliphatic rings. The Bertz CT molecular complexity index is 345. The third kappa shape index (κ3) is 4.55. The number of hydrogen-bond donors (Lipinski definition) is 1. The van der Waals surface area contributed by atoms with E-state index in [4.69, 9.17) is 0 Å². The van der Waals surface area contributed by atoms with Gasteiger partial charge in [-0.15, -0.1) is 0 Å². The summed E-state index contributed by atoms with van der Waals surface area (Å²) in [6, 6.07) is 5.89. The summed E-state index contributed by atoms with van der Waals surface area (Å²) in [5, 5.41) is 3.03. The molecule has 0 aliphatic heterocycles. The Morgan fingerprint density at radius 3 is 2.50 bits per heavy atom. The third-order valence-electron chi connectivity index (χ3n) is 2.35. The number of anilines is 1. The zero-order chi connectivity index (χ0) is 12.2. The predicted molar refractivity (Wildman–Crippen MR) is 59.7 cm³/mol. The Labute approximate surface area is 93.7 Å². The molecule has 0 unspecified atom stereocenters. The monoisotopic (exact) mass is 231 g/mol. The van der Waals surface area contributed by atoms with E-state index in [2.05, 4.69) is 5.32 Å². The first-order valence-electron chi connectivity index (χ1n) is 5.26. The van der Waals surface area contributed by atoms with Gasteiger partial charge in [-0.3, -0.25) is 0 Å². The summed E-state index contributed by atoms with van der Waals surface area (Å²) in [5.41, 5.74) is 3.07. The summed E-state index contributed by atoms with van der Waals surface area (Å²) >= 11 is 0. The van der Waals surface area contributed by atoms with E-state index < -0.39 is 12.6 Å². The molecule has 1 aromatic carbocycles. The fourth-order valence-corrected chi connectivity index (χ4v) is 1.44. The van der Waals surface area contributed by atoms with Crippen LogP contribution in [0.3, 0.4) is 0 Å². The Balaban J connectivity index is 2.40. The maximum atomic E-state index is 11.9. The number of halogens is 3. The minimum Gasteiger partial charge on any atom is -0.385 e. The smallest absolute Gasteiger partial charge is 0.385 e. The zero-order valence-corrected chi connectivity index (χ0v) is 9.49. The average Bonchev–Trinajstić information content (AvgIpc) is 2.16. The molecule has 1 N–H and O–H groups in total. The van der Waals surface area contributed by atoms with Crippen LogP contribution in [-0.4, -0.2) is 12.7 Å². The normalized spacial score (nSPS) is 11.6. The van der Waals surface area contributed by atoms with Crippen LogP contribution >= 0.6 is 0 Å². The highest BCUT2D eigenvalue weighted by Gasteiger charge is 2.25. The van der Waals surface area contributed by atoms with Crippen molar-refractivity contribution in [2.45, 2.75) is 32.9 Å². The lowest BCUT2D eigenvalue weighted by atomic mass is 10.1. The number of alkyl halides is 3. The summed E-state index contributed by atoms with van der Waals surface area (Å²) in [5.74, 6) is 0. The van der Waals surface area contributed by atoms with Crippen LogP contribution in [0.25, 0.3) is 0 Å². The van der Waals surface area contributed by atoms with Crippen LogP contribution in [0.1, 0.15) is 24.0 Å². The van der Waals surface area contributed by atoms with Crippen molar-refractivity contribution in [3.8, 4) is 0 Å². The van der Waals surface area contributed by atoms with Gasteiger partial charge in [0, 0.05) is 18.7 Å². The molecule has 0 bridgehead atoms. The van der Waals surface area contributed by atoms with Crippen molar-refractivity contribution in [3.63, 3.8) is 0 Å². The van der Waals surface area contributed by atoms with Crippen molar-refractivity contribution in [1.82, 2.24) is 0 Å². The standard InChI is InChI=1S/C12H16F3N/c1-9-4-5-10(2)11(8-9)16-7-3-6-12(13,14)15/h4-5,8,16H,3,6-7H2,1-2H3. The summed E-state index contributed by atoms with van der Waals surface area (Å²) in [4.78, 5) is 0. The van der Waals surface area contributed by atoms with Crippen LogP contribution in [0.15, 0.2) is 18.2 Å². The fourth-order valence-electron chi connectivity index (χ4n) is 1.44. The van der Waals surface area contributed by atoms with E-state index in [0.29, 0.717) is 6.54 Å². The maximum Gasteiger partial charge on any atom is 0.389 e. The molecule has 0 spiro atoms. The molecule has 0 amide bonds. The molecule has 0 fully saturated rings. The van der Waals surface area contributed by atoms with Crippen LogP contribution in [0.2, 0.25) is 0 Å². The highest BCUT2D eigenvalue weighted by Crippen LogP contribution is 2.22. The Morgan fingerprint density at radius 2 is 1.88 bits per heavy atom. The van der Waals surface area contributed by atoms with E-state index >= 15 is 0 Å². The Kier molecular flexibility index (Phi) is 4.21. The first kappa shape index (κ1) is 12.9. The van der Waals surface area contributed by atoms with Gasteiger partial charge in [-0.1, -0.05) is 12.1 Å². The fraction of sp³-hybridized carbons (Fsp3) is 0.500. The number of benzene rings is 1. The first-order chi connectivity index (χ1) is 7.38. The first-order valence-corrected chi connectivity index (χ1v) is 5.26. The molecule has 0 aliphatic carbocycles. The van der Waals surface area contributed by atoms with Gasteiger partial charge >= 0.3 is 6.18 Å². The molecule has 90 valence electrons. The van der Waals surface area contributed by atoms with Gasteiger partial charge in [0.15, 0.2) is 0 Å². The maximum absolute atomic E-state index is 11.9. The summed E-state index contributed by atoms with van der Waals surface area (Å²) in [6.07, 6.45) is -4.68. The van der Waals surface area contributed by atoms with E-state index in [-0.39, 0.29) is 6.42 Å². The minimum absolute atomic E-state index is 0.108. The number of nitrogens with one attached hydrogen (secondary N) is 1. The van der Waals surface area contributed by atoms with Gasteiger partial charge in [-0.25, -0.2) is 0 Å². The average molecular weight is 231 g/mol. The molecular formula is C12H16F3N. The second-order valence-corrected chi connectivity index (χ2v) is 3.96. The topological polar surface area (TPSA) is 12.0 Å². The highest BCUT2D eigenvalue weighted by molar-refractivity contribution is 5.52. The molecule has 0 saturated heterocycles. The summed E-state index contributed by atoms with van der Waals surface area (Å²) in [6.45, 7) is 4.25. The van der Waals surface area contributed by atoms with Crippen LogP contribution in [0.5, 0.6) is 0 Å². The van der Waals surface area contributed by atoms with Crippen molar-refractivity contribution in [2.24, 2.45) is 0 Å². The van der Waals surface area contributed by atoms with Crippen molar-refractivity contribution in [3.05, 3.63) is 29.3 Å². The predicted octanol–water partition coefficient (Wildman–Crippen LogP) is 4.06. The third-order valence-corrected chi connectivity index (χ3v) is 2.35. The van der Waals surface area contributed by atoms with Crippen LogP contribution in [0, 0.1) is 13.8 Å². The molecule has 0 radical (unpaired) electrons. The molecule has 16 heavy (non-hydrogen) atoms. The second kappa shape index (κ2) is 5.23. The largest absolute Gasteiger partial charge is 0.389 e. The molecule has 0 saturated carbocycles. The molecular weight excluding hydrogens is 215 g/mol. The van der Waals surface area contributed by atoms with E-state index in [1.807, 2.05) is 32.0 Å². The van der Waals surface area contributed by atoms with Gasteiger partial charge < -0.3 is 5.32 Å². The van der Waals surface area contributed by atoms with Crippen molar-refractivity contribution < 1.29 is 13.2 Å². The lowest BCUT2D eigenvalue weighted by Gasteiger charge is -2.11. The Hall–Kier alpha value is -1.19.